The van der Waals surface area contributed by atoms with Crippen molar-refractivity contribution in [1.29, 1.82) is 0 Å². The van der Waals surface area contributed by atoms with Crippen molar-refractivity contribution >= 4 is 23.5 Å². The average molecular weight is 386 g/mol. The fraction of sp³-hybridized carbons (Fsp3) is 0.364. The van der Waals surface area contributed by atoms with Gasteiger partial charge in [-0.1, -0.05) is 54.1 Å². The third-order valence-electron chi connectivity index (χ3n) is 5.28. The maximum absolute atomic E-state index is 12.7. The van der Waals surface area contributed by atoms with Crippen LogP contribution in [-0.4, -0.2) is 23.0 Å². The Balaban J connectivity index is 1.67. The summed E-state index contributed by atoms with van der Waals surface area (Å²) in [5.74, 6) is -1.09. The largest absolute Gasteiger partial charge is 0.481 e. The highest BCUT2D eigenvalue weighted by Gasteiger charge is 2.27. The first-order valence-corrected chi connectivity index (χ1v) is 9.73. The van der Waals surface area contributed by atoms with Gasteiger partial charge in [-0.25, -0.2) is 0 Å². The summed E-state index contributed by atoms with van der Waals surface area (Å²) in [7, 11) is 0. The van der Waals surface area contributed by atoms with Gasteiger partial charge in [0.1, 0.15) is 0 Å². The molecule has 142 valence electrons. The monoisotopic (exact) mass is 385 g/mol. The molecule has 1 atom stereocenters. The van der Waals surface area contributed by atoms with Gasteiger partial charge in [0.15, 0.2) is 0 Å². The minimum Gasteiger partial charge on any atom is -0.481 e. The lowest BCUT2D eigenvalue weighted by Crippen LogP contribution is -2.39. The smallest absolute Gasteiger partial charge is 0.306 e. The molecule has 1 amide bonds. The normalized spacial score (nSPS) is 20.6. The van der Waals surface area contributed by atoms with Crippen LogP contribution < -0.4 is 5.32 Å². The van der Waals surface area contributed by atoms with Crippen LogP contribution in [-0.2, 0) is 9.59 Å². The van der Waals surface area contributed by atoms with Gasteiger partial charge in [0.25, 0.3) is 0 Å². The highest BCUT2D eigenvalue weighted by atomic mass is 35.5. The number of carboxylic acid groups (broad SMARTS) is 1. The molecular formula is C22H24ClNO3. The molecule has 1 aliphatic rings. The molecule has 1 saturated carbocycles. The Morgan fingerprint density at radius 3 is 2.30 bits per heavy atom. The second-order valence-corrected chi connectivity index (χ2v) is 7.61. The van der Waals surface area contributed by atoms with Gasteiger partial charge in [-0.2, -0.15) is 0 Å². The van der Waals surface area contributed by atoms with Crippen LogP contribution in [0.1, 0.15) is 49.1 Å². The van der Waals surface area contributed by atoms with Crippen molar-refractivity contribution in [3.8, 4) is 0 Å². The standard InChI is InChI=1S/C22H24ClNO3/c23-18-8-4-7-17(13-18)20(15-5-2-1-3-6-15)14-21(25)24-19-11-9-16(10-12-19)22(26)27/h1-8,13,16,19-20H,9-12,14H2,(H,24,25)(H,26,27). The second-order valence-electron chi connectivity index (χ2n) is 7.18. The Morgan fingerprint density at radius 2 is 1.67 bits per heavy atom. The van der Waals surface area contributed by atoms with Gasteiger partial charge in [0.2, 0.25) is 5.91 Å². The van der Waals surface area contributed by atoms with Crippen molar-refractivity contribution < 1.29 is 14.7 Å². The summed E-state index contributed by atoms with van der Waals surface area (Å²) in [5, 5.41) is 12.9. The molecule has 0 aromatic heterocycles. The SMILES string of the molecule is O=C(CC(c1ccccc1)c1cccc(Cl)c1)NC1CCC(C(=O)O)CC1. The van der Waals surface area contributed by atoms with Crippen LogP contribution >= 0.6 is 11.6 Å². The molecule has 1 aliphatic carbocycles. The van der Waals surface area contributed by atoms with Crippen molar-refractivity contribution in [1.82, 2.24) is 5.32 Å². The molecule has 2 N–H and O–H groups in total. The summed E-state index contributed by atoms with van der Waals surface area (Å²) in [6.07, 6.45) is 3.02. The number of amides is 1. The minimum atomic E-state index is -0.732. The van der Waals surface area contributed by atoms with E-state index in [4.69, 9.17) is 16.7 Å². The number of halogens is 1. The molecule has 0 bridgehead atoms. The lowest BCUT2D eigenvalue weighted by molar-refractivity contribution is -0.142. The fourth-order valence-electron chi connectivity index (χ4n) is 3.79. The van der Waals surface area contributed by atoms with Crippen molar-refractivity contribution in [2.24, 2.45) is 5.92 Å². The van der Waals surface area contributed by atoms with E-state index in [1.165, 1.54) is 0 Å². The molecule has 0 heterocycles. The van der Waals surface area contributed by atoms with Crippen LogP contribution in [0.2, 0.25) is 5.02 Å². The van der Waals surface area contributed by atoms with E-state index in [-0.39, 0.29) is 23.8 Å². The van der Waals surface area contributed by atoms with Crippen LogP contribution in [0.3, 0.4) is 0 Å². The lowest BCUT2D eigenvalue weighted by Gasteiger charge is -2.27. The van der Waals surface area contributed by atoms with Crippen LogP contribution in [0.4, 0.5) is 0 Å². The number of hydrogen-bond acceptors (Lipinski definition) is 2. The Kier molecular flexibility index (Phi) is 6.51. The second kappa shape index (κ2) is 9.05. The fourth-order valence-corrected chi connectivity index (χ4v) is 3.99. The van der Waals surface area contributed by atoms with Crippen molar-refractivity contribution in [2.45, 2.75) is 44.1 Å². The zero-order valence-electron chi connectivity index (χ0n) is 15.1. The molecule has 0 aliphatic heterocycles. The zero-order chi connectivity index (χ0) is 19.2. The average Bonchev–Trinajstić information content (AvgIpc) is 2.67. The predicted molar refractivity (Wildman–Crippen MR) is 106 cm³/mol. The first kappa shape index (κ1) is 19.4. The zero-order valence-corrected chi connectivity index (χ0v) is 15.9. The van der Waals surface area contributed by atoms with Crippen molar-refractivity contribution in [3.05, 3.63) is 70.7 Å². The molecule has 0 radical (unpaired) electrons. The molecule has 2 aromatic carbocycles. The number of nitrogens with one attached hydrogen (secondary N) is 1. The number of hydrogen-bond donors (Lipinski definition) is 2. The Labute approximate surface area is 164 Å². The molecular weight excluding hydrogens is 362 g/mol. The summed E-state index contributed by atoms with van der Waals surface area (Å²) >= 11 is 6.16. The van der Waals surface area contributed by atoms with Gasteiger partial charge in [-0.3, -0.25) is 9.59 Å². The van der Waals surface area contributed by atoms with Gasteiger partial charge < -0.3 is 10.4 Å². The molecule has 0 saturated heterocycles. The number of aliphatic carboxylic acids is 1. The summed E-state index contributed by atoms with van der Waals surface area (Å²) in [6, 6.07) is 17.6. The Bertz CT molecular complexity index is 785. The van der Waals surface area contributed by atoms with E-state index in [2.05, 4.69) is 5.32 Å². The highest BCUT2D eigenvalue weighted by molar-refractivity contribution is 6.30. The Hall–Kier alpha value is -2.33. The highest BCUT2D eigenvalue weighted by Crippen LogP contribution is 2.30. The molecule has 5 heteroatoms. The van der Waals surface area contributed by atoms with Gasteiger partial charge >= 0.3 is 5.97 Å². The summed E-state index contributed by atoms with van der Waals surface area (Å²) in [5.41, 5.74) is 2.09. The molecule has 27 heavy (non-hydrogen) atoms. The summed E-state index contributed by atoms with van der Waals surface area (Å²) < 4.78 is 0. The quantitative estimate of drug-likeness (QED) is 0.762. The summed E-state index contributed by atoms with van der Waals surface area (Å²) in [4.78, 5) is 23.8. The molecule has 1 unspecified atom stereocenters. The summed E-state index contributed by atoms with van der Waals surface area (Å²) in [6.45, 7) is 0. The number of carbonyl (C=O) groups is 2. The number of rotatable bonds is 6. The molecule has 3 rings (SSSR count). The number of carboxylic acids is 1. The molecule has 0 spiro atoms. The van der Waals surface area contributed by atoms with Crippen LogP contribution in [0.15, 0.2) is 54.6 Å². The van der Waals surface area contributed by atoms with E-state index in [0.717, 1.165) is 24.0 Å². The van der Waals surface area contributed by atoms with Crippen LogP contribution in [0.25, 0.3) is 0 Å². The maximum atomic E-state index is 12.7. The van der Waals surface area contributed by atoms with Crippen LogP contribution in [0, 0.1) is 5.92 Å². The number of carbonyl (C=O) groups excluding carboxylic acids is 1. The third-order valence-corrected chi connectivity index (χ3v) is 5.52. The topological polar surface area (TPSA) is 66.4 Å². The molecule has 2 aromatic rings. The molecule has 4 nitrogen and oxygen atoms in total. The lowest BCUT2D eigenvalue weighted by atomic mass is 9.85. The van der Waals surface area contributed by atoms with Gasteiger partial charge in [-0.05, 0) is 48.9 Å². The van der Waals surface area contributed by atoms with E-state index in [0.29, 0.717) is 24.3 Å². The van der Waals surface area contributed by atoms with E-state index in [1.807, 2.05) is 54.6 Å². The minimum absolute atomic E-state index is 0.0115. The van der Waals surface area contributed by atoms with Crippen molar-refractivity contribution in [3.63, 3.8) is 0 Å². The van der Waals surface area contributed by atoms with E-state index >= 15 is 0 Å². The maximum Gasteiger partial charge on any atom is 0.306 e. The van der Waals surface area contributed by atoms with Crippen molar-refractivity contribution in [2.75, 3.05) is 0 Å². The first-order valence-electron chi connectivity index (χ1n) is 9.35. The number of benzene rings is 2. The van der Waals surface area contributed by atoms with E-state index in [9.17, 15) is 9.59 Å². The van der Waals surface area contributed by atoms with Gasteiger partial charge in [0, 0.05) is 23.4 Å². The van der Waals surface area contributed by atoms with E-state index < -0.39 is 5.97 Å². The van der Waals surface area contributed by atoms with Gasteiger partial charge in [0.05, 0.1) is 5.92 Å². The Morgan fingerprint density at radius 1 is 1.00 bits per heavy atom. The third kappa shape index (κ3) is 5.33. The first-order chi connectivity index (χ1) is 13.0. The van der Waals surface area contributed by atoms with E-state index in [1.54, 1.807) is 0 Å². The molecule has 1 fully saturated rings. The predicted octanol–water partition coefficient (Wildman–Crippen LogP) is 4.62. The van der Waals surface area contributed by atoms with Crippen LogP contribution in [0.5, 0.6) is 0 Å². The van der Waals surface area contributed by atoms with Gasteiger partial charge in [-0.15, -0.1) is 0 Å².